The number of amides is 2. The molecule has 0 saturated heterocycles. The second-order valence-electron chi connectivity index (χ2n) is 6.67. The Balaban J connectivity index is 1.60. The van der Waals surface area contributed by atoms with Gasteiger partial charge in [-0.25, -0.2) is 9.69 Å². The van der Waals surface area contributed by atoms with Crippen molar-refractivity contribution in [2.24, 2.45) is 0 Å². The number of methoxy groups -OCH3 is 1. The average molecular weight is 417 g/mol. The molecule has 0 fully saturated rings. The van der Waals surface area contributed by atoms with E-state index in [1.165, 1.54) is 25.3 Å². The van der Waals surface area contributed by atoms with Crippen LogP contribution in [0.4, 0.5) is 5.69 Å². The van der Waals surface area contributed by atoms with Gasteiger partial charge in [-0.3, -0.25) is 9.59 Å². The van der Waals surface area contributed by atoms with Crippen LogP contribution in [0.5, 0.6) is 17.2 Å². The molecular weight excluding hydrogens is 398 g/mol. The van der Waals surface area contributed by atoms with Gasteiger partial charge in [0.2, 0.25) is 0 Å². The molecule has 0 atom stereocenters. The quantitative estimate of drug-likeness (QED) is 0.435. The summed E-state index contributed by atoms with van der Waals surface area (Å²) >= 11 is 0. The molecule has 0 aromatic heterocycles. The monoisotopic (exact) mass is 417 g/mol. The number of hydrogen-bond donors (Lipinski definition) is 0. The summed E-state index contributed by atoms with van der Waals surface area (Å²) in [5.74, 6) is 0.0855. The van der Waals surface area contributed by atoms with E-state index < -0.39 is 17.8 Å². The maximum atomic E-state index is 13.0. The van der Waals surface area contributed by atoms with E-state index in [1.54, 1.807) is 43.3 Å². The number of nitrogens with zero attached hydrogens (tertiary/aromatic N) is 1. The van der Waals surface area contributed by atoms with Crippen molar-refractivity contribution in [3.8, 4) is 17.2 Å². The minimum atomic E-state index is -0.464. The molecule has 0 unspecified atom stereocenters. The zero-order chi connectivity index (χ0) is 22.0. The van der Waals surface area contributed by atoms with Gasteiger partial charge in [0.25, 0.3) is 11.8 Å². The number of para-hydroxylation sites is 2. The molecular formula is C24H19NO6. The number of benzene rings is 3. The minimum absolute atomic E-state index is 0.242. The molecule has 3 aromatic rings. The van der Waals surface area contributed by atoms with Crippen molar-refractivity contribution >= 4 is 23.5 Å². The van der Waals surface area contributed by atoms with Gasteiger partial charge in [-0.15, -0.1) is 0 Å². The van der Waals surface area contributed by atoms with Crippen molar-refractivity contribution in [2.75, 3.05) is 18.6 Å². The molecule has 0 spiro atoms. The molecule has 7 nitrogen and oxygen atoms in total. The van der Waals surface area contributed by atoms with Crippen molar-refractivity contribution in [1.82, 2.24) is 0 Å². The smallest absolute Gasteiger partial charge is 0.338 e. The first-order chi connectivity index (χ1) is 15.0. The average Bonchev–Trinajstić information content (AvgIpc) is 3.04. The Hall–Kier alpha value is -4.13. The maximum absolute atomic E-state index is 13.0. The van der Waals surface area contributed by atoms with Gasteiger partial charge in [-0.1, -0.05) is 12.1 Å². The summed E-state index contributed by atoms with van der Waals surface area (Å²) in [7, 11) is 1.54. The van der Waals surface area contributed by atoms with Crippen molar-refractivity contribution in [3.05, 3.63) is 83.4 Å². The van der Waals surface area contributed by atoms with Crippen LogP contribution < -0.4 is 14.4 Å². The Kier molecular flexibility index (Phi) is 5.41. The lowest BCUT2D eigenvalue weighted by Gasteiger charge is -2.14. The highest BCUT2D eigenvalue weighted by molar-refractivity contribution is 6.34. The Morgan fingerprint density at radius 3 is 2.23 bits per heavy atom. The first-order valence-corrected chi connectivity index (χ1v) is 9.64. The van der Waals surface area contributed by atoms with E-state index >= 15 is 0 Å². The van der Waals surface area contributed by atoms with E-state index in [0.717, 1.165) is 4.90 Å². The third kappa shape index (κ3) is 3.73. The summed E-state index contributed by atoms with van der Waals surface area (Å²) in [4.78, 5) is 38.7. The second kappa shape index (κ2) is 8.31. The van der Waals surface area contributed by atoms with Crippen LogP contribution in [0.1, 0.15) is 38.0 Å². The largest absolute Gasteiger partial charge is 0.493 e. The number of esters is 1. The number of imide groups is 1. The predicted octanol–water partition coefficient (Wildman–Crippen LogP) is 4.46. The van der Waals surface area contributed by atoms with Gasteiger partial charge in [-0.05, 0) is 61.5 Å². The highest BCUT2D eigenvalue weighted by Gasteiger charge is 2.37. The van der Waals surface area contributed by atoms with Crippen LogP contribution in [0.25, 0.3) is 0 Å². The fourth-order valence-electron chi connectivity index (χ4n) is 3.31. The number of carbonyl (C=O) groups excluding carboxylic acids is 3. The molecule has 156 valence electrons. The number of hydrogen-bond acceptors (Lipinski definition) is 6. The minimum Gasteiger partial charge on any atom is -0.493 e. The summed E-state index contributed by atoms with van der Waals surface area (Å²) in [5, 5.41) is 0. The number of ether oxygens (including phenoxy) is 3. The van der Waals surface area contributed by atoms with Gasteiger partial charge in [0.15, 0.2) is 11.5 Å². The van der Waals surface area contributed by atoms with Crippen molar-refractivity contribution in [1.29, 1.82) is 0 Å². The third-order valence-corrected chi connectivity index (χ3v) is 4.79. The molecule has 0 bridgehead atoms. The predicted molar refractivity (Wildman–Crippen MR) is 113 cm³/mol. The standard InChI is InChI=1S/C24H19NO6/c1-3-30-24(28)15-8-10-16(11-9-15)25-22(26)18-13-12-17(14-19(18)23(25)27)31-21-7-5-4-6-20(21)29-2/h4-14H,3H2,1-2H3. The van der Waals surface area contributed by atoms with Gasteiger partial charge in [0, 0.05) is 0 Å². The first kappa shape index (κ1) is 20.2. The molecule has 2 amide bonds. The summed E-state index contributed by atoms with van der Waals surface area (Å²) in [6, 6.07) is 18.0. The molecule has 1 heterocycles. The molecule has 0 aliphatic carbocycles. The topological polar surface area (TPSA) is 82.1 Å². The van der Waals surface area contributed by atoms with Crippen LogP contribution >= 0.6 is 0 Å². The number of anilines is 1. The van der Waals surface area contributed by atoms with Gasteiger partial charge >= 0.3 is 5.97 Å². The Labute approximate surface area is 178 Å². The van der Waals surface area contributed by atoms with E-state index in [4.69, 9.17) is 14.2 Å². The number of rotatable bonds is 6. The van der Waals surface area contributed by atoms with E-state index in [2.05, 4.69) is 0 Å². The van der Waals surface area contributed by atoms with E-state index in [9.17, 15) is 14.4 Å². The molecule has 0 saturated carbocycles. The SMILES string of the molecule is CCOC(=O)c1ccc(N2C(=O)c3ccc(Oc4ccccc4OC)cc3C2=O)cc1. The van der Waals surface area contributed by atoms with Crippen molar-refractivity contribution in [3.63, 3.8) is 0 Å². The number of carbonyl (C=O) groups is 3. The summed E-state index contributed by atoms with van der Waals surface area (Å²) in [5.41, 5.74) is 1.24. The van der Waals surface area contributed by atoms with Crippen LogP contribution in [0.3, 0.4) is 0 Å². The Bertz CT molecular complexity index is 1170. The van der Waals surface area contributed by atoms with Crippen LogP contribution in [0, 0.1) is 0 Å². The van der Waals surface area contributed by atoms with Crippen LogP contribution in [0.2, 0.25) is 0 Å². The van der Waals surface area contributed by atoms with Gasteiger partial charge < -0.3 is 14.2 Å². The van der Waals surface area contributed by atoms with Crippen LogP contribution in [-0.4, -0.2) is 31.5 Å². The summed E-state index contributed by atoms with van der Waals surface area (Å²) < 4.78 is 16.1. The van der Waals surface area contributed by atoms with Crippen molar-refractivity contribution in [2.45, 2.75) is 6.92 Å². The summed E-state index contributed by atoms with van der Waals surface area (Å²) in [6.45, 7) is 1.98. The third-order valence-electron chi connectivity index (χ3n) is 4.79. The fraction of sp³-hybridized carbons (Fsp3) is 0.125. The lowest BCUT2D eigenvalue weighted by atomic mass is 10.1. The van der Waals surface area contributed by atoms with E-state index in [1.807, 2.05) is 12.1 Å². The lowest BCUT2D eigenvalue weighted by molar-refractivity contribution is 0.0526. The maximum Gasteiger partial charge on any atom is 0.338 e. The lowest BCUT2D eigenvalue weighted by Crippen LogP contribution is -2.29. The fourth-order valence-corrected chi connectivity index (χ4v) is 3.31. The zero-order valence-corrected chi connectivity index (χ0v) is 17.0. The second-order valence-corrected chi connectivity index (χ2v) is 6.67. The normalized spacial score (nSPS) is 12.5. The van der Waals surface area contributed by atoms with E-state index in [-0.39, 0.29) is 17.7 Å². The van der Waals surface area contributed by atoms with Crippen molar-refractivity contribution < 1.29 is 28.6 Å². The molecule has 4 rings (SSSR count). The Morgan fingerprint density at radius 1 is 0.871 bits per heavy atom. The molecule has 7 heteroatoms. The molecule has 1 aliphatic rings. The molecule has 0 N–H and O–H groups in total. The van der Waals surface area contributed by atoms with Gasteiger partial charge in [0.1, 0.15) is 5.75 Å². The highest BCUT2D eigenvalue weighted by Crippen LogP contribution is 2.35. The van der Waals surface area contributed by atoms with Crippen LogP contribution in [-0.2, 0) is 4.74 Å². The highest BCUT2D eigenvalue weighted by atomic mass is 16.5. The van der Waals surface area contributed by atoms with E-state index in [0.29, 0.717) is 28.5 Å². The molecule has 0 radical (unpaired) electrons. The molecule has 1 aliphatic heterocycles. The van der Waals surface area contributed by atoms with Crippen LogP contribution in [0.15, 0.2) is 66.7 Å². The Morgan fingerprint density at radius 2 is 1.55 bits per heavy atom. The molecule has 3 aromatic carbocycles. The van der Waals surface area contributed by atoms with Gasteiger partial charge in [0.05, 0.1) is 36.1 Å². The zero-order valence-electron chi connectivity index (χ0n) is 17.0. The summed E-state index contributed by atoms with van der Waals surface area (Å²) in [6.07, 6.45) is 0. The molecule has 31 heavy (non-hydrogen) atoms. The number of fused-ring (bicyclic) bond motifs is 1. The van der Waals surface area contributed by atoms with Gasteiger partial charge in [-0.2, -0.15) is 0 Å². The first-order valence-electron chi connectivity index (χ1n) is 9.64.